The molecule has 0 spiro atoms. The lowest BCUT2D eigenvalue weighted by molar-refractivity contribution is 0.543. The van der Waals surface area contributed by atoms with Crippen molar-refractivity contribution >= 4 is 28.6 Å². The van der Waals surface area contributed by atoms with Crippen LogP contribution >= 0.6 is 22.9 Å². The molecular formula is C14H18ClN3OS. The van der Waals surface area contributed by atoms with Gasteiger partial charge in [0.2, 0.25) is 0 Å². The predicted molar refractivity (Wildman–Crippen MR) is 84.8 cm³/mol. The first-order chi connectivity index (χ1) is 9.63. The van der Waals surface area contributed by atoms with Crippen molar-refractivity contribution in [2.45, 2.75) is 39.8 Å². The van der Waals surface area contributed by atoms with Crippen molar-refractivity contribution in [3.63, 3.8) is 0 Å². The first kappa shape index (κ1) is 15.1. The van der Waals surface area contributed by atoms with E-state index in [2.05, 4.69) is 35.7 Å². The minimum absolute atomic E-state index is 0.213. The van der Waals surface area contributed by atoms with Crippen molar-refractivity contribution in [3.8, 4) is 0 Å². The third-order valence-corrected chi connectivity index (χ3v) is 4.50. The first-order valence-electron chi connectivity index (χ1n) is 6.66. The van der Waals surface area contributed by atoms with Crippen LogP contribution in [0.15, 0.2) is 22.4 Å². The summed E-state index contributed by atoms with van der Waals surface area (Å²) in [5, 5.41) is 9.61. The lowest BCUT2D eigenvalue weighted by Crippen LogP contribution is -2.24. The molecule has 0 fully saturated rings. The van der Waals surface area contributed by atoms with Gasteiger partial charge in [0, 0.05) is 18.0 Å². The van der Waals surface area contributed by atoms with Gasteiger partial charge in [0.25, 0.3) is 5.56 Å². The molecule has 0 radical (unpaired) electrons. The van der Waals surface area contributed by atoms with Gasteiger partial charge in [-0.3, -0.25) is 4.79 Å². The molecule has 20 heavy (non-hydrogen) atoms. The van der Waals surface area contributed by atoms with Crippen molar-refractivity contribution in [3.05, 3.63) is 43.5 Å². The number of unbranched alkanes of at least 4 members (excludes halogenated alkanes) is 1. The van der Waals surface area contributed by atoms with Crippen LogP contribution in [0.25, 0.3) is 0 Å². The Morgan fingerprint density at radius 2 is 2.30 bits per heavy atom. The summed E-state index contributed by atoms with van der Waals surface area (Å²) in [7, 11) is 0. The number of hydrogen-bond acceptors (Lipinski definition) is 4. The number of anilines is 1. The number of aromatic nitrogens is 2. The van der Waals surface area contributed by atoms with Gasteiger partial charge in [-0.2, -0.15) is 5.10 Å². The molecule has 0 unspecified atom stereocenters. The maximum absolute atomic E-state index is 12.1. The van der Waals surface area contributed by atoms with Crippen LogP contribution in [0, 0.1) is 6.92 Å². The van der Waals surface area contributed by atoms with Crippen LogP contribution in [-0.4, -0.2) is 9.78 Å². The Balaban J connectivity index is 2.11. The molecule has 0 saturated heterocycles. The van der Waals surface area contributed by atoms with Crippen LogP contribution in [0.3, 0.4) is 0 Å². The molecule has 108 valence electrons. The number of nitrogens with zero attached hydrogens (tertiary/aromatic N) is 2. The minimum Gasteiger partial charge on any atom is -0.377 e. The van der Waals surface area contributed by atoms with Gasteiger partial charge < -0.3 is 5.32 Å². The molecule has 2 heterocycles. The van der Waals surface area contributed by atoms with Gasteiger partial charge in [-0.1, -0.05) is 24.9 Å². The van der Waals surface area contributed by atoms with E-state index in [1.54, 1.807) is 17.5 Å². The van der Waals surface area contributed by atoms with E-state index in [1.165, 1.54) is 15.1 Å². The fraction of sp³-hybridized carbons (Fsp3) is 0.429. The topological polar surface area (TPSA) is 46.9 Å². The quantitative estimate of drug-likeness (QED) is 0.885. The summed E-state index contributed by atoms with van der Waals surface area (Å²) in [6.45, 7) is 5.41. The van der Waals surface area contributed by atoms with Gasteiger partial charge >= 0.3 is 0 Å². The summed E-state index contributed by atoms with van der Waals surface area (Å²) in [4.78, 5) is 13.3. The van der Waals surface area contributed by atoms with Crippen molar-refractivity contribution in [1.82, 2.24) is 9.78 Å². The number of hydrogen-bond donors (Lipinski definition) is 1. The van der Waals surface area contributed by atoms with E-state index in [0.717, 1.165) is 12.8 Å². The highest BCUT2D eigenvalue weighted by Crippen LogP contribution is 2.20. The van der Waals surface area contributed by atoms with Crippen molar-refractivity contribution < 1.29 is 0 Å². The molecule has 0 amide bonds. The summed E-state index contributed by atoms with van der Waals surface area (Å²) < 4.78 is 1.42. The van der Waals surface area contributed by atoms with Crippen molar-refractivity contribution in [2.24, 2.45) is 0 Å². The lowest BCUT2D eigenvalue weighted by Gasteiger charge is -2.09. The van der Waals surface area contributed by atoms with Crippen LogP contribution in [0.5, 0.6) is 0 Å². The van der Waals surface area contributed by atoms with Gasteiger partial charge in [-0.05, 0) is 30.4 Å². The van der Waals surface area contributed by atoms with Crippen LogP contribution < -0.4 is 10.9 Å². The van der Waals surface area contributed by atoms with E-state index in [0.29, 0.717) is 18.8 Å². The predicted octanol–water partition coefficient (Wildman–Crippen LogP) is 3.68. The van der Waals surface area contributed by atoms with Gasteiger partial charge in [-0.15, -0.1) is 11.3 Å². The Morgan fingerprint density at radius 3 is 2.95 bits per heavy atom. The molecule has 0 saturated carbocycles. The zero-order chi connectivity index (χ0) is 14.5. The molecule has 6 heteroatoms. The van der Waals surface area contributed by atoms with Crippen LogP contribution in [0.1, 0.15) is 30.2 Å². The minimum atomic E-state index is -0.229. The van der Waals surface area contributed by atoms with E-state index in [1.807, 2.05) is 0 Å². The first-order valence-corrected chi connectivity index (χ1v) is 7.91. The second-order valence-electron chi connectivity index (χ2n) is 4.63. The van der Waals surface area contributed by atoms with Crippen LogP contribution in [0.2, 0.25) is 5.02 Å². The average Bonchev–Trinajstić information content (AvgIpc) is 2.85. The van der Waals surface area contributed by atoms with Gasteiger partial charge in [0.05, 0.1) is 11.9 Å². The van der Waals surface area contributed by atoms with E-state index in [-0.39, 0.29) is 10.6 Å². The molecule has 0 aliphatic carbocycles. The second-order valence-corrected chi connectivity index (χ2v) is 6.01. The monoisotopic (exact) mass is 311 g/mol. The summed E-state index contributed by atoms with van der Waals surface area (Å²) in [5.74, 6) is 0. The Morgan fingerprint density at radius 1 is 1.50 bits per heavy atom. The van der Waals surface area contributed by atoms with Crippen LogP contribution in [0.4, 0.5) is 5.69 Å². The summed E-state index contributed by atoms with van der Waals surface area (Å²) in [5.41, 5.74) is 1.60. The van der Waals surface area contributed by atoms with E-state index >= 15 is 0 Å². The van der Waals surface area contributed by atoms with Gasteiger partial charge in [0.1, 0.15) is 5.02 Å². The highest BCUT2D eigenvalue weighted by molar-refractivity contribution is 7.10. The average molecular weight is 312 g/mol. The zero-order valence-electron chi connectivity index (χ0n) is 11.6. The maximum atomic E-state index is 12.1. The Bertz CT molecular complexity index is 636. The number of aryl methyl sites for hydroxylation is 2. The normalized spacial score (nSPS) is 10.8. The fourth-order valence-corrected chi connectivity index (χ4v) is 2.88. The highest BCUT2D eigenvalue weighted by Gasteiger charge is 2.09. The number of nitrogens with one attached hydrogen (secondary N) is 1. The molecule has 1 N–H and O–H groups in total. The molecule has 4 nitrogen and oxygen atoms in total. The van der Waals surface area contributed by atoms with E-state index < -0.39 is 0 Å². The molecule has 0 aliphatic rings. The van der Waals surface area contributed by atoms with Gasteiger partial charge in [0.15, 0.2) is 0 Å². The van der Waals surface area contributed by atoms with Gasteiger partial charge in [-0.25, -0.2) is 4.68 Å². The van der Waals surface area contributed by atoms with Crippen molar-refractivity contribution in [2.75, 3.05) is 5.32 Å². The summed E-state index contributed by atoms with van der Waals surface area (Å²) in [6, 6.07) is 2.07. The Hall–Kier alpha value is -1.33. The molecule has 2 aromatic rings. The lowest BCUT2D eigenvalue weighted by atomic mass is 10.3. The molecule has 0 aromatic carbocycles. The second kappa shape index (κ2) is 6.90. The molecular weight excluding hydrogens is 294 g/mol. The molecule has 0 aliphatic heterocycles. The number of halogens is 1. The van der Waals surface area contributed by atoms with E-state index in [4.69, 9.17) is 11.6 Å². The van der Waals surface area contributed by atoms with Crippen molar-refractivity contribution in [1.29, 1.82) is 0 Å². The highest BCUT2D eigenvalue weighted by atomic mass is 35.5. The standard InChI is InChI=1S/C14H18ClN3OS/c1-3-4-6-18-14(19)13(15)11(8-17-18)16-9-12-10(2)5-7-20-12/h5,7-8,16H,3-4,6,9H2,1-2H3. The zero-order valence-corrected chi connectivity index (χ0v) is 13.2. The fourth-order valence-electron chi connectivity index (χ4n) is 1.82. The molecule has 2 aromatic heterocycles. The Kier molecular flexibility index (Phi) is 5.20. The SMILES string of the molecule is CCCCn1ncc(NCc2sccc2C)c(Cl)c1=O. The number of rotatable bonds is 6. The maximum Gasteiger partial charge on any atom is 0.287 e. The third-order valence-electron chi connectivity index (χ3n) is 3.12. The van der Waals surface area contributed by atoms with Crippen LogP contribution in [-0.2, 0) is 13.1 Å². The molecule has 2 rings (SSSR count). The summed E-state index contributed by atoms with van der Waals surface area (Å²) in [6.07, 6.45) is 3.57. The van der Waals surface area contributed by atoms with E-state index in [9.17, 15) is 4.79 Å². The largest absolute Gasteiger partial charge is 0.377 e. The third kappa shape index (κ3) is 3.41. The number of thiophene rings is 1. The smallest absolute Gasteiger partial charge is 0.287 e. The molecule has 0 atom stereocenters. The Labute approximate surface area is 127 Å². The summed E-state index contributed by atoms with van der Waals surface area (Å²) >= 11 is 7.81. The molecule has 0 bridgehead atoms.